The van der Waals surface area contributed by atoms with Gasteiger partial charge in [0.05, 0.1) is 13.7 Å². The molecule has 2 aliphatic heterocycles. The number of aryl methyl sites for hydroxylation is 1. The van der Waals surface area contributed by atoms with Crippen LogP contribution in [0.25, 0.3) is 0 Å². The second-order valence-electron chi connectivity index (χ2n) is 7.77. The molecule has 0 radical (unpaired) electrons. The van der Waals surface area contributed by atoms with Crippen molar-refractivity contribution in [1.29, 1.82) is 0 Å². The summed E-state index contributed by atoms with van der Waals surface area (Å²) in [6.45, 7) is 6.85. The number of hydrogen-bond acceptors (Lipinski definition) is 7. The van der Waals surface area contributed by atoms with E-state index in [2.05, 4.69) is 10.3 Å². The predicted molar refractivity (Wildman–Crippen MR) is 94.3 cm³/mol. The number of esters is 1. The van der Waals surface area contributed by atoms with Crippen molar-refractivity contribution in [2.24, 2.45) is 0 Å². The van der Waals surface area contributed by atoms with E-state index in [1.807, 2.05) is 6.92 Å². The molecule has 2 aliphatic rings. The van der Waals surface area contributed by atoms with Gasteiger partial charge in [-0.3, -0.25) is 9.69 Å². The normalized spacial score (nSPS) is 24.1. The van der Waals surface area contributed by atoms with Crippen molar-refractivity contribution < 1.29 is 28.6 Å². The van der Waals surface area contributed by atoms with Gasteiger partial charge in [-0.15, -0.1) is 0 Å². The molecule has 1 spiro atoms. The molecule has 0 bridgehead atoms. The van der Waals surface area contributed by atoms with Crippen molar-refractivity contribution in [3.63, 3.8) is 0 Å². The summed E-state index contributed by atoms with van der Waals surface area (Å²) in [5.41, 5.74) is -0.876. The van der Waals surface area contributed by atoms with Crippen LogP contribution in [-0.2, 0) is 19.1 Å². The van der Waals surface area contributed by atoms with Crippen LogP contribution in [-0.4, -0.2) is 58.8 Å². The van der Waals surface area contributed by atoms with E-state index in [0.717, 1.165) is 5.56 Å². The Morgan fingerprint density at radius 3 is 2.74 bits per heavy atom. The highest BCUT2D eigenvalue weighted by Crippen LogP contribution is 2.40. The van der Waals surface area contributed by atoms with Crippen molar-refractivity contribution in [2.75, 3.05) is 19.0 Å². The number of pyridine rings is 1. The van der Waals surface area contributed by atoms with Gasteiger partial charge in [0.15, 0.2) is 0 Å². The van der Waals surface area contributed by atoms with Crippen molar-refractivity contribution in [3.8, 4) is 5.88 Å². The number of hydrogen-bond donors (Lipinski definition) is 1. The van der Waals surface area contributed by atoms with Crippen LogP contribution in [0.3, 0.4) is 0 Å². The van der Waals surface area contributed by atoms with Gasteiger partial charge in [-0.25, -0.2) is 14.6 Å². The van der Waals surface area contributed by atoms with Crippen molar-refractivity contribution in [3.05, 3.63) is 17.8 Å². The molecule has 1 aromatic rings. The number of anilines is 1. The molecule has 2 amide bonds. The number of amides is 2. The molecule has 1 saturated heterocycles. The molecule has 1 fully saturated rings. The van der Waals surface area contributed by atoms with Gasteiger partial charge in [0.25, 0.3) is 5.91 Å². The summed E-state index contributed by atoms with van der Waals surface area (Å²) in [6, 6.07) is 0.744. The molecule has 27 heavy (non-hydrogen) atoms. The van der Waals surface area contributed by atoms with E-state index in [9.17, 15) is 14.4 Å². The molecule has 146 valence electrons. The van der Waals surface area contributed by atoms with Crippen LogP contribution < -0.4 is 10.1 Å². The van der Waals surface area contributed by atoms with Crippen LogP contribution in [0.5, 0.6) is 5.88 Å². The topological polar surface area (TPSA) is 107 Å². The monoisotopic (exact) mass is 377 g/mol. The molecular formula is C18H23N3O6. The Hall–Kier alpha value is -2.84. The fourth-order valence-corrected chi connectivity index (χ4v) is 3.16. The lowest BCUT2D eigenvalue weighted by Gasteiger charge is -2.33. The van der Waals surface area contributed by atoms with Gasteiger partial charge < -0.3 is 19.5 Å². The average molecular weight is 377 g/mol. The summed E-state index contributed by atoms with van der Waals surface area (Å²) in [5, 5.41) is 2.76. The summed E-state index contributed by atoms with van der Waals surface area (Å²) in [5.74, 6) is -0.839. The Morgan fingerprint density at radius 1 is 1.41 bits per heavy atom. The van der Waals surface area contributed by atoms with Crippen LogP contribution in [0.4, 0.5) is 10.5 Å². The number of rotatable bonds is 1. The van der Waals surface area contributed by atoms with E-state index in [4.69, 9.17) is 14.2 Å². The highest BCUT2D eigenvalue weighted by molar-refractivity contribution is 6.02. The molecule has 0 aromatic carbocycles. The Labute approximate surface area is 157 Å². The zero-order valence-electron chi connectivity index (χ0n) is 16.0. The molecule has 1 aromatic heterocycles. The molecule has 3 rings (SSSR count). The number of carbonyl (C=O) groups excluding carboxylic acids is 3. The fraction of sp³-hybridized carbons (Fsp3) is 0.556. The highest BCUT2D eigenvalue weighted by Gasteiger charge is 2.58. The fourth-order valence-electron chi connectivity index (χ4n) is 3.16. The Morgan fingerprint density at radius 2 is 2.11 bits per heavy atom. The maximum Gasteiger partial charge on any atom is 0.411 e. The van der Waals surface area contributed by atoms with E-state index in [0.29, 0.717) is 5.69 Å². The van der Waals surface area contributed by atoms with Crippen LogP contribution >= 0.6 is 0 Å². The summed E-state index contributed by atoms with van der Waals surface area (Å²) in [4.78, 5) is 43.0. The molecule has 3 heterocycles. The molecule has 1 unspecified atom stereocenters. The molecule has 1 N–H and O–H groups in total. The first kappa shape index (κ1) is 18.9. The largest absolute Gasteiger partial charge is 0.467 e. The minimum absolute atomic E-state index is 0.0558. The maximum atomic E-state index is 12.8. The smallest absolute Gasteiger partial charge is 0.411 e. The number of nitrogens with one attached hydrogen (secondary N) is 1. The zero-order valence-corrected chi connectivity index (χ0v) is 16.0. The number of fused-ring (bicyclic) bond motifs is 1. The number of nitrogens with zero attached hydrogens (tertiary/aromatic N) is 2. The minimum Gasteiger partial charge on any atom is -0.467 e. The van der Waals surface area contributed by atoms with Gasteiger partial charge in [0, 0.05) is 12.6 Å². The number of methoxy groups -OCH3 is 1. The molecular weight excluding hydrogens is 354 g/mol. The van der Waals surface area contributed by atoms with Crippen LogP contribution in [0, 0.1) is 6.92 Å². The lowest BCUT2D eigenvalue weighted by molar-refractivity contribution is -0.145. The van der Waals surface area contributed by atoms with E-state index < -0.39 is 35.2 Å². The Balaban J connectivity index is 1.93. The second-order valence-corrected chi connectivity index (χ2v) is 7.77. The number of likely N-dealkylation sites (tertiary alicyclic amines) is 1. The molecule has 2 atom stereocenters. The first-order valence-corrected chi connectivity index (χ1v) is 8.59. The third kappa shape index (κ3) is 3.54. The van der Waals surface area contributed by atoms with E-state index in [1.165, 1.54) is 12.0 Å². The zero-order chi connectivity index (χ0) is 20.0. The number of aromatic nitrogens is 1. The van der Waals surface area contributed by atoms with E-state index >= 15 is 0 Å². The number of ether oxygens (including phenoxy) is 3. The van der Waals surface area contributed by atoms with Gasteiger partial charge >= 0.3 is 12.1 Å². The first-order chi connectivity index (χ1) is 12.5. The van der Waals surface area contributed by atoms with E-state index in [-0.39, 0.29) is 18.8 Å². The summed E-state index contributed by atoms with van der Waals surface area (Å²) >= 11 is 0. The molecule has 0 aliphatic carbocycles. The SMILES string of the molecule is COC(=O)[C@@H]1CC2(CN1C(=O)OC(C)(C)C)Oc1ncc(C)cc1NC2=O. The molecule has 0 saturated carbocycles. The van der Waals surface area contributed by atoms with Crippen molar-refractivity contribution in [2.45, 2.75) is 51.4 Å². The standard InChI is InChI=1S/C18H23N3O6/c1-10-6-11-13(19-8-10)26-18(15(23)20-11)7-12(14(22)25-5)21(9-18)16(24)27-17(2,3)4/h6,8,12H,7,9H2,1-5H3,(H,20,23)/t12-,18?/m0/s1. The predicted octanol–water partition coefficient (Wildman–Crippen LogP) is 1.64. The van der Waals surface area contributed by atoms with Crippen LogP contribution in [0.15, 0.2) is 12.3 Å². The second kappa shape index (κ2) is 6.40. The lowest BCUT2D eigenvalue weighted by Crippen LogP contribution is -2.53. The van der Waals surface area contributed by atoms with Gasteiger partial charge in [0.1, 0.15) is 17.3 Å². The van der Waals surface area contributed by atoms with Gasteiger partial charge in [-0.2, -0.15) is 0 Å². The Bertz CT molecular complexity index is 803. The van der Waals surface area contributed by atoms with Crippen molar-refractivity contribution in [1.82, 2.24) is 9.88 Å². The van der Waals surface area contributed by atoms with Crippen LogP contribution in [0.2, 0.25) is 0 Å². The van der Waals surface area contributed by atoms with Gasteiger partial charge in [-0.05, 0) is 39.3 Å². The van der Waals surface area contributed by atoms with Crippen molar-refractivity contribution >= 4 is 23.7 Å². The van der Waals surface area contributed by atoms with Gasteiger partial charge in [-0.1, -0.05) is 0 Å². The lowest BCUT2D eigenvalue weighted by atomic mass is 9.97. The van der Waals surface area contributed by atoms with Crippen LogP contribution in [0.1, 0.15) is 32.8 Å². The van der Waals surface area contributed by atoms with Gasteiger partial charge in [0.2, 0.25) is 11.5 Å². The maximum absolute atomic E-state index is 12.8. The summed E-state index contributed by atoms with van der Waals surface area (Å²) < 4.78 is 16.1. The third-order valence-electron chi connectivity index (χ3n) is 4.37. The van der Waals surface area contributed by atoms with E-state index in [1.54, 1.807) is 33.0 Å². The Kier molecular flexibility index (Phi) is 4.49. The third-order valence-corrected chi connectivity index (χ3v) is 4.37. The first-order valence-electron chi connectivity index (χ1n) is 8.59. The molecule has 9 heteroatoms. The minimum atomic E-state index is -1.44. The number of carbonyl (C=O) groups is 3. The summed E-state index contributed by atoms with van der Waals surface area (Å²) in [6.07, 6.45) is 0.844. The highest BCUT2D eigenvalue weighted by atomic mass is 16.6. The quantitative estimate of drug-likeness (QED) is 0.741. The summed E-state index contributed by atoms with van der Waals surface area (Å²) in [7, 11) is 1.22. The molecule has 9 nitrogen and oxygen atoms in total. The average Bonchev–Trinajstić information content (AvgIpc) is 2.95.